The van der Waals surface area contributed by atoms with Crippen LogP contribution >= 0.6 is 0 Å². The van der Waals surface area contributed by atoms with Crippen LogP contribution in [-0.4, -0.2) is 37.6 Å². The molecule has 0 spiro atoms. The van der Waals surface area contributed by atoms with Gasteiger partial charge in [-0.25, -0.2) is 12.8 Å². The Labute approximate surface area is 169 Å². The molecule has 0 aromatic heterocycles. The zero-order valence-corrected chi connectivity index (χ0v) is 16.7. The number of amides is 1. The van der Waals surface area contributed by atoms with Crippen LogP contribution in [0.3, 0.4) is 0 Å². The number of aryl methyl sites for hydroxylation is 1. The minimum absolute atomic E-state index is 0.0283. The van der Waals surface area contributed by atoms with Crippen LogP contribution in [0.5, 0.6) is 0 Å². The number of halogens is 1. The molecule has 0 N–H and O–H groups in total. The van der Waals surface area contributed by atoms with Crippen molar-refractivity contribution in [2.24, 2.45) is 0 Å². The molecule has 1 aliphatic heterocycles. The van der Waals surface area contributed by atoms with Gasteiger partial charge in [0.1, 0.15) is 11.1 Å². The summed E-state index contributed by atoms with van der Waals surface area (Å²) in [4.78, 5) is 14.5. The van der Waals surface area contributed by atoms with Gasteiger partial charge in [0.15, 0.2) is 9.84 Å². The van der Waals surface area contributed by atoms with E-state index in [-0.39, 0.29) is 23.5 Å². The van der Waals surface area contributed by atoms with E-state index >= 15 is 0 Å². The molecule has 0 radical (unpaired) electrons. The highest BCUT2D eigenvalue weighted by Gasteiger charge is 2.41. The van der Waals surface area contributed by atoms with E-state index in [9.17, 15) is 17.6 Å². The predicted octanol–water partition coefficient (Wildman–Crippen LogP) is 4.10. The van der Waals surface area contributed by atoms with Gasteiger partial charge in [0.05, 0.1) is 10.5 Å². The second kappa shape index (κ2) is 7.44. The fraction of sp³-hybridized carbons (Fsp3) is 0.174. The van der Waals surface area contributed by atoms with Gasteiger partial charge in [-0.15, -0.1) is 0 Å². The minimum Gasteiger partial charge on any atom is -0.336 e. The maximum absolute atomic E-state index is 14.7. The number of sulfone groups is 1. The van der Waals surface area contributed by atoms with Gasteiger partial charge >= 0.3 is 0 Å². The molecule has 1 heterocycles. The SMILES string of the molecule is Cc1cc(-c2ccccc2)cc(C(=O)N2CC(S(=O)(=O)c3ccccc3)C2)c1F. The highest BCUT2D eigenvalue weighted by atomic mass is 32.2. The van der Waals surface area contributed by atoms with Crippen molar-refractivity contribution in [2.75, 3.05) is 13.1 Å². The number of rotatable bonds is 4. The van der Waals surface area contributed by atoms with E-state index < -0.39 is 26.8 Å². The molecule has 4 nitrogen and oxygen atoms in total. The molecule has 4 rings (SSSR count). The summed E-state index contributed by atoms with van der Waals surface area (Å²) in [6, 6.07) is 20.9. The number of carbonyl (C=O) groups excluding carboxylic acids is 1. The lowest BCUT2D eigenvalue weighted by molar-refractivity contribution is 0.0654. The number of hydrogen-bond acceptors (Lipinski definition) is 3. The minimum atomic E-state index is -3.51. The maximum Gasteiger partial charge on any atom is 0.256 e. The van der Waals surface area contributed by atoms with Crippen LogP contribution in [0.4, 0.5) is 4.39 Å². The molecule has 1 fully saturated rings. The summed E-state index contributed by atoms with van der Waals surface area (Å²) in [6.45, 7) is 1.74. The van der Waals surface area contributed by atoms with Crippen LogP contribution in [0.25, 0.3) is 11.1 Å². The highest BCUT2D eigenvalue weighted by Crippen LogP contribution is 2.29. The van der Waals surface area contributed by atoms with Crippen molar-refractivity contribution in [3.8, 4) is 11.1 Å². The molecule has 6 heteroatoms. The van der Waals surface area contributed by atoms with Crippen molar-refractivity contribution < 1.29 is 17.6 Å². The average Bonchev–Trinajstić information content (AvgIpc) is 2.70. The molecule has 0 unspecified atom stereocenters. The number of hydrogen-bond donors (Lipinski definition) is 0. The summed E-state index contributed by atoms with van der Waals surface area (Å²) in [5.74, 6) is -1.05. The molecule has 148 valence electrons. The Kier molecular flexibility index (Phi) is 4.96. The van der Waals surface area contributed by atoms with E-state index in [1.807, 2.05) is 30.3 Å². The molecule has 29 heavy (non-hydrogen) atoms. The average molecular weight is 409 g/mol. The van der Waals surface area contributed by atoms with Crippen LogP contribution in [0.2, 0.25) is 0 Å². The molecular formula is C23H20FNO3S. The molecule has 1 amide bonds. The van der Waals surface area contributed by atoms with E-state index in [1.165, 1.54) is 4.90 Å². The Bertz CT molecular complexity index is 1160. The summed E-state index contributed by atoms with van der Waals surface area (Å²) < 4.78 is 40.0. The molecule has 3 aromatic rings. The van der Waals surface area contributed by atoms with Crippen LogP contribution in [0, 0.1) is 12.7 Å². The normalized spacial score (nSPS) is 14.5. The molecule has 3 aromatic carbocycles. The fourth-order valence-corrected chi connectivity index (χ4v) is 5.17. The maximum atomic E-state index is 14.7. The first-order valence-corrected chi connectivity index (χ1v) is 10.9. The highest BCUT2D eigenvalue weighted by molar-refractivity contribution is 7.92. The zero-order valence-electron chi connectivity index (χ0n) is 15.9. The van der Waals surface area contributed by atoms with Crippen LogP contribution in [0.1, 0.15) is 15.9 Å². The molecule has 0 aliphatic carbocycles. The molecule has 1 aliphatic rings. The Morgan fingerprint density at radius 3 is 2.14 bits per heavy atom. The van der Waals surface area contributed by atoms with E-state index in [1.54, 1.807) is 49.4 Å². The van der Waals surface area contributed by atoms with Crippen LogP contribution in [-0.2, 0) is 9.84 Å². The lowest BCUT2D eigenvalue weighted by Gasteiger charge is -2.38. The quantitative estimate of drug-likeness (QED) is 0.652. The summed E-state index contributed by atoms with van der Waals surface area (Å²) in [6.07, 6.45) is 0. The van der Waals surface area contributed by atoms with Gasteiger partial charge < -0.3 is 4.90 Å². The van der Waals surface area contributed by atoms with Crippen molar-refractivity contribution in [3.05, 3.63) is 89.7 Å². The van der Waals surface area contributed by atoms with Gasteiger partial charge in [-0.3, -0.25) is 4.79 Å². The van der Waals surface area contributed by atoms with Crippen molar-refractivity contribution in [1.29, 1.82) is 0 Å². The third kappa shape index (κ3) is 3.56. The van der Waals surface area contributed by atoms with Crippen molar-refractivity contribution in [2.45, 2.75) is 17.1 Å². The number of nitrogens with zero attached hydrogens (tertiary/aromatic N) is 1. The first kappa shape index (κ1) is 19.3. The van der Waals surface area contributed by atoms with Crippen LogP contribution < -0.4 is 0 Å². The standard InChI is InChI=1S/C23H20FNO3S/c1-16-12-18(17-8-4-2-5-9-17)13-21(22(16)24)23(26)25-14-20(15-25)29(27,28)19-10-6-3-7-11-19/h2-13,20H,14-15H2,1H3. The third-order valence-corrected chi connectivity index (χ3v) is 7.34. The molecule has 0 saturated carbocycles. The number of likely N-dealkylation sites (tertiary alicyclic amines) is 1. The van der Waals surface area contributed by atoms with Crippen molar-refractivity contribution >= 4 is 15.7 Å². The fourth-order valence-electron chi connectivity index (χ4n) is 3.50. The Balaban J connectivity index is 1.57. The summed E-state index contributed by atoms with van der Waals surface area (Å²) in [5.41, 5.74) is 1.99. The molecule has 0 bridgehead atoms. The van der Waals surface area contributed by atoms with Gasteiger partial charge in [0.25, 0.3) is 5.91 Å². The van der Waals surface area contributed by atoms with Gasteiger partial charge in [-0.2, -0.15) is 0 Å². The summed E-state index contributed by atoms with van der Waals surface area (Å²) in [7, 11) is -3.51. The molecule has 1 saturated heterocycles. The zero-order chi connectivity index (χ0) is 20.6. The Hall–Kier alpha value is -2.99. The smallest absolute Gasteiger partial charge is 0.256 e. The Morgan fingerprint density at radius 1 is 0.931 bits per heavy atom. The van der Waals surface area contributed by atoms with Gasteiger partial charge in [0.2, 0.25) is 0 Å². The largest absolute Gasteiger partial charge is 0.336 e. The second-order valence-corrected chi connectivity index (χ2v) is 9.44. The van der Waals surface area contributed by atoms with E-state index in [0.29, 0.717) is 5.56 Å². The number of benzene rings is 3. The second-order valence-electron chi connectivity index (χ2n) is 7.21. The van der Waals surface area contributed by atoms with E-state index in [0.717, 1.165) is 11.1 Å². The van der Waals surface area contributed by atoms with Crippen molar-refractivity contribution in [3.63, 3.8) is 0 Å². The van der Waals surface area contributed by atoms with Crippen LogP contribution in [0.15, 0.2) is 77.7 Å². The topological polar surface area (TPSA) is 54.5 Å². The van der Waals surface area contributed by atoms with E-state index in [2.05, 4.69) is 0 Å². The Morgan fingerprint density at radius 2 is 1.52 bits per heavy atom. The predicted molar refractivity (Wildman–Crippen MR) is 110 cm³/mol. The number of carbonyl (C=O) groups is 1. The van der Waals surface area contributed by atoms with E-state index in [4.69, 9.17) is 0 Å². The monoisotopic (exact) mass is 409 g/mol. The third-order valence-electron chi connectivity index (χ3n) is 5.24. The summed E-state index contributed by atoms with van der Waals surface area (Å²) >= 11 is 0. The van der Waals surface area contributed by atoms with Gasteiger partial charge in [-0.05, 0) is 47.9 Å². The van der Waals surface area contributed by atoms with Gasteiger partial charge in [0, 0.05) is 13.1 Å². The summed E-state index contributed by atoms with van der Waals surface area (Å²) in [5, 5.41) is -0.671. The first-order chi connectivity index (χ1) is 13.9. The molecular weight excluding hydrogens is 389 g/mol. The van der Waals surface area contributed by atoms with Crippen molar-refractivity contribution in [1.82, 2.24) is 4.90 Å². The first-order valence-electron chi connectivity index (χ1n) is 9.31. The molecule has 0 atom stereocenters. The lowest BCUT2D eigenvalue weighted by Crippen LogP contribution is -2.57. The lowest BCUT2D eigenvalue weighted by atomic mass is 9.98. The van der Waals surface area contributed by atoms with Gasteiger partial charge in [-0.1, -0.05) is 48.5 Å².